The number of nitrogens with zero attached hydrogens (tertiary/aromatic N) is 1. The minimum atomic E-state index is 0.565. The quantitative estimate of drug-likeness (QED) is 0.828. The largest absolute Gasteiger partial charge is 0.399 e. The molecule has 0 amide bonds. The summed E-state index contributed by atoms with van der Waals surface area (Å²) in [6.45, 7) is 5.32. The van der Waals surface area contributed by atoms with Gasteiger partial charge < -0.3 is 10.6 Å². The van der Waals surface area contributed by atoms with E-state index in [4.69, 9.17) is 5.73 Å². The zero-order chi connectivity index (χ0) is 13.4. The molecule has 19 heavy (non-hydrogen) atoms. The van der Waals surface area contributed by atoms with Gasteiger partial charge in [0.1, 0.15) is 0 Å². The van der Waals surface area contributed by atoms with Gasteiger partial charge in [0.2, 0.25) is 0 Å². The van der Waals surface area contributed by atoms with Crippen molar-refractivity contribution >= 4 is 11.4 Å². The van der Waals surface area contributed by atoms with Crippen LogP contribution in [-0.4, -0.2) is 6.04 Å². The summed E-state index contributed by atoms with van der Waals surface area (Å²) in [7, 11) is 0. The molecule has 0 bridgehead atoms. The van der Waals surface area contributed by atoms with Gasteiger partial charge in [-0.25, -0.2) is 0 Å². The van der Waals surface area contributed by atoms with E-state index in [0.717, 1.165) is 24.2 Å². The normalized spacial score (nSPS) is 17.6. The maximum absolute atomic E-state index is 5.89. The van der Waals surface area contributed by atoms with E-state index in [-0.39, 0.29) is 0 Å². The van der Waals surface area contributed by atoms with E-state index in [2.05, 4.69) is 55.1 Å². The molecule has 1 aliphatic rings. The summed E-state index contributed by atoms with van der Waals surface area (Å²) in [6, 6.07) is 15.6. The smallest absolute Gasteiger partial charge is 0.0432 e. The number of aryl methyl sites for hydroxylation is 1. The number of nitrogens with two attached hydrogens (primary N) is 1. The van der Waals surface area contributed by atoms with E-state index in [1.165, 1.54) is 16.8 Å². The van der Waals surface area contributed by atoms with Gasteiger partial charge in [-0.1, -0.05) is 30.3 Å². The van der Waals surface area contributed by atoms with Crippen LogP contribution in [0.2, 0.25) is 0 Å². The Balaban J connectivity index is 1.89. The summed E-state index contributed by atoms with van der Waals surface area (Å²) in [5.41, 5.74) is 12.1. The van der Waals surface area contributed by atoms with Gasteiger partial charge in [0.25, 0.3) is 0 Å². The van der Waals surface area contributed by atoms with Crippen LogP contribution in [0, 0.1) is 6.92 Å². The van der Waals surface area contributed by atoms with Crippen LogP contribution in [0.4, 0.5) is 11.4 Å². The zero-order valence-electron chi connectivity index (χ0n) is 11.6. The molecule has 0 saturated heterocycles. The topological polar surface area (TPSA) is 29.3 Å². The van der Waals surface area contributed by atoms with E-state index in [0.29, 0.717) is 6.04 Å². The van der Waals surface area contributed by atoms with Gasteiger partial charge >= 0.3 is 0 Å². The molecule has 0 fully saturated rings. The number of nitrogen functional groups attached to an aromatic ring is 1. The molecular weight excluding hydrogens is 232 g/mol. The molecule has 0 saturated carbocycles. The highest BCUT2D eigenvalue weighted by atomic mass is 15.2. The monoisotopic (exact) mass is 252 g/mol. The van der Waals surface area contributed by atoms with Gasteiger partial charge in [-0.2, -0.15) is 0 Å². The fraction of sp³-hybridized carbons (Fsp3) is 0.294. The first-order valence-corrected chi connectivity index (χ1v) is 6.84. The number of hydrogen-bond acceptors (Lipinski definition) is 2. The maximum Gasteiger partial charge on any atom is 0.0432 e. The van der Waals surface area contributed by atoms with Crippen LogP contribution in [0.25, 0.3) is 0 Å². The molecule has 0 spiro atoms. The third kappa shape index (κ3) is 2.19. The first-order chi connectivity index (χ1) is 9.15. The predicted octanol–water partition coefficient (Wildman–Crippen LogP) is 3.53. The van der Waals surface area contributed by atoms with E-state index in [9.17, 15) is 0 Å². The van der Waals surface area contributed by atoms with Crippen LogP contribution < -0.4 is 10.6 Å². The number of rotatable bonds is 2. The number of hydrogen-bond donors (Lipinski definition) is 1. The number of anilines is 2. The summed E-state index contributed by atoms with van der Waals surface area (Å²) in [5, 5.41) is 0. The highest BCUT2D eigenvalue weighted by Crippen LogP contribution is 2.33. The Hall–Kier alpha value is -1.96. The van der Waals surface area contributed by atoms with Crippen LogP contribution in [0.1, 0.15) is 23.6 Å². The first kappa shape index (κ1) is 12.1. The molecule has 2 heteroatoms. The van der Waals surface area contributed by atoms with Crippen LogP contribution >= 0.6 is 0 Å². The van der Waals surface area contributed by atoms with E-state index in [1.807, 2.05) is 6.07 Å². The fourth-order valence-corrected chi connectivity index (χ4v) is 2.90. The Morgan fingerprint density at radius 3 is 2.79 bits per heavy atom. The Labute approximate surface area is 114 Å². The van der Waals surface area contributed by atoms with Gasteiger partial charge in [-0.3, -0.25) is 0 Å². The Morgan fingerprint density at radius 2 is 2.00 bits per heavy atom. The Bertz CT molecular complexity index is 604. The molecule has 0 aliphatic carbocycles. The van der Waals surface area contributed by atoms with Crippen molar-refractivity contribution in [2.24, 2.45) is 0 Å². The number of benzene rings is 2. The molecular formula is C17H20N2. The fourth-order valence-electron chi connectivity index (χ4n) is 2.90. The van der Waals surface area contributed by atoms with E-state index >= 15 is 0 Å². The highest BCUT2D eigenvalue weighted by Gasteiger charge is 2.25. The first-order valence-electron chi connectivity index (χ1n) is 6.84. The van der Waals surface area contributed by atoms with Crippen molar-refractivity contribution in [3.63, 3.8) is 0 Å². The van der Waals surface area contributed by atoms with Crippen molar-refractivity contribution in [1.29, 1.82) is 0 Å². The summed E-state index contributed by atoms with van der Waals surface area (Å²) < 4.78 is 0. The average Bonchev–Trinajstić information content (AvgIpc) is 2.71. The minimum absolute atomic E-state index is 0.565. The molecule has 2 aromatic rings. The molecule has 1 atom stereocenters. The lowest BCUT2D eigenvalue weighted by molar-refractivity contribution is 0.672. The number of para-hydroxylation sites is 1. The van der Waals surface area contributed by atoms with Crippen LogP contribution in [-0.2, 0) is 13.0 Å². The van der Waals surface area contributed by atoms with Gasteiger partial charge in [0.15, 0.2) is 0 Å². The SMILES string of the molecule is Cc1cc(CN2c3ccccc3CC2C)ccc1N. The molecule has 2 nitrogen and oxygen atoms in total. The zero-order valence-corrected chi connectivity index (χ0v) is 11.6. The molecule has 2 aromatic carbocycles. The Morgan fingerprint density at radius 1 is 1.21 bits per heavy atom. The summed E-state index contributed by atoms with van der Waals surface area (Å²) in [5.74, 6) is 0. The van der Waals surface area contributed by atoms with Crippen molar-refractivity contribution in [3.05, 3.63) is 59.2 Å². The highest BCUT2D eigenvalue weighted by molar-refractivity contribution is 5.60. The van der Waals surface area contributed by atoms with Gasteiger partial charge in [-0.05, 0) is 49.1 Å². The molecule has 3 rings (SSSR count). The average molecular weight is 252 g/mol. The molecule has 98 valence electrons. The Kier molecular flexibility index (Phi) is 2.94. The van der Waals surface area contributed by atoms with E-state index < -0.39 is 0 Å². The van der Waals surface area contributed by atoms with Crippen molar-refractivity contribution in [2.45, 2.75) is 32.9 Å². The lowest BCUT2D eigenvalue weighted by Gasteiger charge is -2.25. The minimum Gasteiger partial charge on any atom is -0.399 e. The summed E-state index contributed by atoms with van der Waals surface area (Å²) in [6.07, 6.45) is 1.14. The molecule has 0 aromatic heterocycles. The molecule has 0 radical (unpaired) electrons. The van der Waals surface area contributed by atoms with E-state index in [1.54, 1.807) is 0 Å². The van der Waals surface area contributed by atoms with Crippen LogP contribution in [0.5, 0.6) is 0 Å². The third-order valence-electron chi connectivity index (χ3n) is 4.04. The second kappa shape index (κ2) is 4.61. The number of fused-ring (bicyclic) bond motifs is 1. The molecule has 1 aliphatic heterocycles. The lowest BCUT2D eigenvalue weighted by Crippen LogP contribution is -2.28. The van der Waals surface area contributed by atoms with Crippen molar-refractivity contribution in [1.82, 2.24) is 0 Å². The van der Waals surface area contributed by atoms with Crippen molar-refractivity contribution < 1.29 is 0 Å². The standard InChI is InChI=1S/C17H20N2/c1-12-9-14(7-8-16(12)18)11-19-13(2)10-15-5-3-4-6-17(15)19/h3-9,13H,10-11,18H2,1-2H3. The van der Waals surface area contributed by atoms with Crippen molar-refractivity contribution in [3.8, 4) is 0 Å². The second-order valence-electron chi connectivity index (χ2n) is 5.50. The molecule has 2 N–H and O–H groups in total. The molecule has 1 heterocycles. The lowest BCUT2D eigenvalue weighted by atomic mass is 10.1. The summed E-state index contributed by atoms with van der Waals surface area (Å²) in [4.78, 5) is 2.49. The van der Waals surface area contributed by atoms with Crippen LogP contribution in [0.3, 0.4) is 0 Å². The van der Waals surface area contributed by atoms with Crippen molar-refractivity contribution in [2.75, 3.05) is 10.6 Å². The second-order valence-corrected chi connectivity index (χ2v) is 5.50. The van der Waals surface area contributed by atoms with Gasteiger partial charge in [-0.15, -0.1) is 0 Å². The third-order valence-corrected chi connectivity index (χ3v) is 4.04. The summed E-state index contributed by atoms with van der Waals surface area (Å²) >= 11 is 0. The van der Waals surface area contributed by atoms with Gasteiger partial charge in [0.05, 0.1) is 0 Å². The molecule has 1 unspecified atom stereocenters. The maximum atomic E-state index is 5.89. The predicted molar refractivity (Wildman–Crippen MR) is 81.4 cm³/mol. The van der Waals surface area contributed by atoms with Gasteiger partial charge in [0, 0.05) is 24.0 Å². The van der Waals surface area contributed by atoms with Crippen LogP contribution in [0.15, 0.2) is 42.5 Å².